The molecule has 4 nitrogen and oxygen atoms in total. The third-order valence-electron chi connectivity index (χ3n) is 2.88. The molecule has 0 saturated carbocycles. The van der Waals surface area contributed by atoms with Gasteiger partial charge in [-0.2, -0.15) is 0 Å². The Morgan fingerprint density at radius 1 is 0.920 bits per heavy atom. The average Bonchev–Trinajstić information content (AvgIpc) is 2.50. The van der Waals surface area contributed by atoms with Crippen LogP contribution in [0.5, 0.6) is 5.75 Å². The zero-order valence-corrected chi connectivity index (χ0v) is 15.2. The van der Waals surface area contributed by atoms with E-state index in [1.807, 2.05) is 0 Å². The molecule has 12 heteroatoms. The molecule has 2 aromatic carbocycles. The standard InChI is InChI=1S/C13H3Cl5F3NO3/c14-8-7(9(15)11(17)12(18)10(8)16)5-2-1-4(25-13(19,20)21)3-6(5)22(23)24/h1-3H. The number of hydrogen-bond donors (Lipinski definition) is 0. The minimum atomic E-state index is -5.02. The summed E-state index contributed by atoms with van der Waals surface area (Å²) in [6.45, 7) is 0. The molecule has 0 aliphatic carbocycles. The normalized spacial score (nSPS) is 11.5. The summed E-state index contributed by atoms with van der Waals surface area (Å²) in [5, 5.41) is 10.2. The highest BCUT2D eigenvalue weighted by molar-refractivity contribution is 6.56. The fourth-order valence-electron chi connectivity index (χ4n) is 1.91. The largest absolute Gasteiger partial charge is 0.573 e. The van der Waals surface area contributed by atoms with Gasteiger partial charge in [-0.3, -0.25) is 10.1 Å². The first-order chi connectivity index (χ1) is 11.4. The van der Waals surface area contributed by atoms with E-state index in [1.165, 1.54) is 0 Å². The van der Waals surface area contributed by atoms with Gasteiger partial charge in [0.2, 0.25) is 0 Å². The number of alkyl halides is 3. The first kappa shape index (κ1) is 20.2. The monoisotopic (exact) mass is 453 g/mol. The number of rotatable bonds is 3. The molecule has 0 radical (unpaired) electrons. The van der Waals surface area contributed by atoms with Crippen LogP contribution in [0, 0.1) is 10.1 Å². The second-order valence-corrected chi connectivity index (χ2v) is 6.32. The molecular weight excluding hydrogens is 452 g/mol. The molecule has 0 N–H and O–H groups in total. The Kier molecular flexibility index (Phi) is 5.85. The smallest absolute Gasteiger partial charge is 0.406 e. The Morgan fingerprint density at radius 3 is 1.84 bits per heavy atom. The van der Waals surface area contributed by atoms with E-state index >= 15 is 0 Å². The molecule has 25 heavy (non-hydrogen) atoms. The van der Waals surface area contributed by atoms with Crippen molar-refractivity contribution < 1.29 is 22.8 Å². The lowest BCUT2D eigenvalue weighted by Crippen LogP contribution is -2.17. The van der Waals surface area contributed by atoms with E-state index in [2.05, 4.69) is 4.74 Å². The van der Waals surface area contributed by atoms with Crippen molar-refractivity contribution in [2.45, 2.75) is 6.36 Å². The van der Waals surface area contributed by atoms with Crippen molar-refractivity contribution in [3.05, 3.63) is 53.4 Å². The highest BCUT2D eigenvalue weighted by atomic mass is 35.5. The van der Waals surface area contributed by atoms with E-state index < -0.39 is 22.7 Å². The van der Waals surface area contributed by atoms with Crippen LogP contribution in [0.1, 0.15) is 0 Å². The Morgan fingerprint density at radius 2 is 1.40 bits per heavy atom. The molecule has 134 valence electrons. The molecular formula is C13H3Cl5F3NO3. The molecule has 0 spiro atoms. The molecule has 0 heterocycles. The van der Waals surface area contributed by atoms with Gasteiger partial charge in [0.1, 0.15) is 5.75 Å². The first-order valence-corrected chi connectivity index (χ1v) is 7.89. The Bertz CT molecular complexity index is 844. The SMILES string of the molecule is O=[N+]([O-])c1cc(OC(F)(F)F)ccc1-c1c(Cl)c(Cl)c(Cl)c(Cl)c1Cl. The van der Waals surface area contributed by atoms with Crippen molar-refractivity contribution in [1.29, 1.82) is 0 Å². The predicted molar refractivity (Wildman–Crippen MR) is 90.3 cm³/mol. The molecule has 0 unspecified atom stereocenters. The van der Waals surface area contributed by atoms with Gasteiger partial charge in [0, 0.05) is 5.56 Å². The van der Waals surface area contributed by atoms with E-state index in [1.54, 1.807) is 0 Å². The maximum Gasteiger partial charge on any atom is 0.573 e. The number of hydrogen-bond acceptors (Lipinski definition) is 3. The van der Waals surface area contributed by atoms with E-state index in [-0.39, 0.29) is 36.2 Å². The molecule has 0 fully saturated rings. The van der Waals surface area contributed by atoms with Crippen LogP contribution in [-0.2, 0) is 0 Å². The van der Waals surface area contributed by atoms with Gasteiger partial charge < -0.3 is 4.74 Å². The summed E-state index contributed by atoms with van der Waals surface area (Å²) in [6.07, 6.45) is -5.02. The van der Waals surface area contributed by atoms with Crippen LogP contribution >= 0.6 is 58.0 Å². The number of nitro benzene ring substituents is 1. The molecule has 0 saturated heterocycles. The number of halogens is 8. The molecule has 0 atom stereocenters. The number of nitrogens with zero attached hydrogens (tertiary/aromatic N) is 1. The maximum absolute atomic E-state index is 12.3. The molecule has 0 aromatic heterocycles. The van der Waals surface area contributed by atoms with Crippen molar-refractivity contribution in [2.75, 3.05) is 0 Å². The molecule has 0 aliphatic rings. The first-order valence-electron chi connectivity index (χ1n) is 6.00. The topological polar surface area (TPSA) is 52.4 Å². The number of nitro groups is 1. The highest BCUT2D eigenvalue weighted by Gasteiger charge is 2.33. The summed E-state index contributed by atoms with van der Waals surface area (Å²) in [5.41, 5.74) is -1.11. The summed E-state index contributed by atoms with van der Waals surface area (Å²) in [4.78, 5) is 10.3. The summed E-state index contributed by atoms with van der Waals surface area (Å²) < 4.78 is 40.5. The maximum atomic E-state index is 12.3. The molecule has 0 amide bonds. The van der Waals surface area contributed by atoms with Gasteiger partial charge in [0.05, 0.1) is 41.7 Å². The number of ether oxygens (including phenoxy) is 1. The Labute approximate surface area is 163 Å². The molecule has 0 bridgehead atoms. The lowest BCUT2D eigenvalue weighted by molar-refractivity contribution is -0.384. The van der Waals surface area contributed by atoms with Crippen LogP contribution in [0.25, 0.3) is 11.1 Å². The van der Waals surface area contributed by atoms with Crippen molar-refractivity contribution in [3.8, 4) is 16.9 Å². The van der Waals surface area contributed by atoms with Crippen molar-refractivity contribution in [3.63, 3.8) is 0 Å². The van der Waals surface area contributed by atoms with E-state index in [4.69, 9.17) is 58.0 Å². The van der Waals surface area contributed by atoms with Crippen LogP contribution in [0.3, 0.4) is 0 Å². The van der Waals surface area contributed by atoms with Crippen LogP contribution in [0.4, 0.5) is 18.9 Å². The van der Waals surface area contributed by atoms with Crippen molar-refractivity contribution in [2.24, 2.45) is 0 Å². The van der Waals surface area contributed by atoms with Gasteiger partial charge in [-0.15, -0.1) is 13.2 Å². The van der Waals surface area contributed by atoms with Crippen molar-refractivity contribution >= 4 is 63.7 Å². The average molecular weight is 455 g/mol. The summed E-state index contributed by atoms with van der Waals surface area (Å²) in [6, 6.07) is 2.41. The van der Waals surface area contributed by atoms with Gasteiger partial charge in [0.25, 0.3) is 5.69 Å². The van der Waals surface area contributed by atoms with Gasteiger partial charge in [-0.25, -0.2) is 0 Å². The predicted octanol–water partition coefficient (Wildman–Crippen LogP) is 7.43. The zero-order valence-electron chi connectivity index (χ0n) is 11.4. The Balaban J connectivity index is 2.75. The van der Waals surface area contributed by atoms with E-state index in [0.29, 0.717) is 6.07 Å². The molecule has 2 aromatic rings. The number of benzene rings is 2. The quantitative estimate of drug-likeness (QED) is 0.209. The summed E-state index contributed by atoms with van der Waals surface area (Å²) >= 11 is 29.7. The third-order valence-corrected chi connectivity index (χ3v) is 5.16. The van der Waals surface area contributed by atoms with E-state index in [0.717, 1.165) is 12.1 Å². The lowest BCUT2D eigenvalue weighted by atomic mass is 10.0. The third kappa shape index (κ3) is 4.17. The van der Waals surface area contributed by atoms with E-state index in [9.17, 15) is 23.3 Å². The molecule has 2 rings (SSSR count). The fraction of sp³-hybridized carbons (Fsp3) is 0.0769. The van der Waals surface area contributed by atoms with Gasteiger partial charge in [0.15, 0.2) is 0 Å². The van der Waals surface area contributed by atoms with Crippen LogP contribution in [0.15, 0.2) is 18.2 Å². The van der Waals surface area contributed by atoms with Gasteiger partial charge in [-0.05, 0) is 12.1 Å². The van der Waals surface area contributed by atoms with Gasteiger partial charge in [-0.1, -0.05) is 58.0 Å². The highest BCUT2D eigenvalue weighted by Crippen LogP contribution is 2.50. The second-order valence-electron chi connectivity index (χ2n) is 4.43. The minimum Gasteiger partial charge on any atom is -0.406 e. The van der Waals surface area contributed by atoms with Crippen LogP contribution < -0.4 is 4.74 Å². The van der Waals surface area contributed by atoms with Gasteiger partial charge >= 0.3 is 6.36 Å². The fourth-order valence-corrected chi connectivity index (χ4v) is 3.25. The van der Waals surface area contributed by atoms with Crippen LogP contribution in [-0.4, -0.2) is 11.3 Å². The summed E-state index contributed by atoms with van der Waals surface area (Å²) in [7, 11) is 0. The van der Waals surface area contributed by atoms with Crippen LogP contribution in [0.2, 0.25) is 25.1 Å². The van der Waals surface area contributed by atoms with Crippen molar-refractivity contribution in [1.82, 2.24) is 0 Å². The molecule has 0 aliphatic heterocycles. The summed E-state index contributed by atoms with van der Waals surface area (Å²) in [5.74, 6) is -0.790. The Hall–Kier alpha value is -1.12. The second kappa shape index (κ2) is 7.25. The zero-order chi connectivity index (χ0) is 19.1. The minimum absolute atomic E-state index is 0.145. The lowest BCUT2D eigenvalue weighted by Gasteiger charge is -2.14.